The lowest BCUT2D eigenvalue weighted by Gasteiger charge is -2.11. The van der Waals surface area contributed by atoms with Crippen molar-refractivity contribution in [2.45, 2.75) is 18.9 Å². The average molecular weight is 252 g/mol. The first-order chi connectivity index (χ1) is 8.78. The molecular weight excluding hydrogens is 236 g/mol. The van der Waals surface area contributed by atoms with Crippen molar-refractivity contribution in [2.24, 2.45) is 0 Å². The van der Waals surface area contributed by atoms with Crippen molar-refractivity contribution in [3.63, 3.8) is 0 Å². The minimum absolute atomic E-state index is 0.118. The van der Waals surface area contributed by atoms with Crippen molar-refractivity contribution in [3.8, 4) is 5.75 Å². The number of nitrogens with one attached hydrogen (secondary N) is 2. The number of nitrogens with zero attached hydrogens (tertiary/aromatic N) is 2. The van der Waals surface area contributed by atoms with Crippen LogP contribution in [-0.2, 0) is 4.74 Å². The fraction of sp³-hybridized carbons (Fsp3) is 0.545. The molecule has 2 heterocycles. The van der Waals surface area contributed by atoms with Crippen molar-refractivity contribution in [3.05, 3.63) is 12.4 Å². The van der Waals surface area contributed by atoms with E-state index in [1.54, 1.807) is 0 Å². The smallest absolute Gasteiger partial charge is 0.321 e. The maximum atomic E-state index is 11.5. The van der Waals surface area contributed by atoms with E-state index in [0.29, 0.717) is 12.3 Å². The Morgan fingerprint density at radius 1 is 1.56 bits per heavy atom. The summed E-state index contributed by atoms with van der Waals surface area (Å²) in [5.74, 6) is 0.779. The second-order valence-electron chi connectivity index (χ2n) is 3.92. The molecule has 0 spiro atoms. The molecule has 1 aromatic heterocycles. The van der Waals surface area contributed by atoms with Crippen molar-refractivity contribution < 1.29 is 14.3 Å². The molecule has 1 unspecified atom stereocenters. The number of carbonyl (C=O) groups is 1. The second-order valence-corrected chi connectivity index (χ2v) is 3.92. The van der Waals surface area contributed by atoms with Gasteiger partial charge in [0.05, 0.1) is 25.6 Å². The Kier molecular flexibility index (Phi) is 4.30. The molecule has 7 heteroatoms. The van der Waals surface area contributed by atoms with Gasteiger partial charge < -0.3 is 14.8 Å². The molecule has 7 nitrogen and oxygen atoms in total. The molecule has 0 radical (unpaired) electrons. The fourth-order valence-corrected chi connectivity index (χ4v) is 1.64. The van der Waals surface area contributed by atoms with Crippen LogP contribution in [0.15, 0.2) is 12.4 Å². The highest BCUT2D eigenvalue weighted by molar-refractivity contribution is 5.87. The Bertz CT molecular complexity index is 390. The number of aromatic nitrogens is 2. The number of methoxy groups -OCH3 is 1. The Morgan fingerprint density at radius 2 is 2.33 bits per heavy atom. The van der Waals surface area contributed by atoms with Crippen LogP contribution in [0.4, 0.5) is 10.7 Å². The third kappa shape index (κ3) is 3.56. The average Bonchev–Trinajstić information content (AvgIpc) is 2.90. The first-order valence-electron chi connectivity index (χ1n) is 5.80. The van der Waals surface area contributed by atoms with Gasteiger partial charge in [-0.2, -0.15) is 0 Å². The second kappa shape index (κ2) is 6.15. The van der Waals surface area contributed by atoms with Crippen LogP contribution in [0.5, 0.6) is 5.75 Å². The van der Waals surface area contributed by atoms with E-state index in [4.69, 9.17) is 9.47 Å². The topological polar surface area (TPSA) is 85.4 Å². The van der Waals surface area contributed by atoms with E-state index in [-0.39, 0.29) is 18.1 Å². The van der Waals surface area contributed by atoms with Gasteiger partial charge in [0.2, 0.25) is 5.95 Å². The van der Waals surface area contributed by atoms with Crippen molar-refractivity contribution in [1.82, 2.24) is 15.3 Å². The number of ether oxygens (including phenoxy) is 2. The molecule has 0 saturated carbocycles. The van der Waals surface area contributed by atoms with Gasteiger partial charge in [-0.15, -0.1) is 0 Å². The molecule has 98 valence electrons. The Morgan fingerprint density at radius 3 is 2.94 bits per heavy atom. The summed E-state index contributed by atoms with van der Waals surface area (Å²) >= 11 is 0. The molecular formula is C11H16N4O3. The van der Waals surface area contributed by atoms with Crippen LogP contribution in [0, 0.1) is 0 Å². The molecule has 0 aliphatic carbocycles. The fourth-order valence-electron chi connectivity index (χ4n) is 1.64. The standard InChI is InChI=1S/C11H16N4O3/c1-17-9-6-12-10(13-7-9)15-11(16)14-5-8-3-2-4-18-8/h6-8H,2-5H2,1H3,(H2,12,13,14,15,16). The third-order valence-electron chi connectivity index (χ3n) is 2.60. The highest BCUT2D eigenvalue weighted by Gasteiger charge is 2.16. The number of hydrogen-bond donors (Lipinski definition) is 2. The van der Waals surface area contributed by atoms with Gasteiger partial charge in [0.25, 0.3) is 0 Å². The van der Waals surface area contributed by atoms with Gasteiger partial charge in [0.15, 0.2) is 5.75 Å². The molecule has 18 heavy (non-hydrogen) atoms. The van der Waals surface area contributed by atoms with Crippen LogP contribution in [0.1, 0.15) is 12.8 Å². The zero-order valence-electron chi connectivity index (χ0n) is 10.2. The van der Waals surface area contributed by atoms with Crippen LogP contribution in [0.25, 0.3) is 0 Å². The van der Waals surface area contributed by atoms with Crippen LogP contribution in [0.3, 0.4) is 0 Å². The predicted molar refractivity (Wildman–Crippen MR) is 64.6 cm³/mol. The maximum absolute atomic E-state index is 11.5. The van der Waals surface area contributed by atoms with Gasteiger partial charge in [0.1, 0.15) is 0 Å². The molecule has 1 atom stereocenters. The highest BCUT2D eigenvalue weighted by atomic mass is 16.5. The summed E-state index contributed by atoms with van der Waals surface area (Å²) in [6.45, 7) is 1.28. The lowest BCUT2D eigenvalue weighted by molar-refractivity contribution is 0.112. The van der Waals surface area contributed by atoms with E-state index < -0.39 is 0 Å². The number of urea groups is 1. The van der Waals surface area contributed by atoms with Gasteiger partial charge in [-0.25, -0.2) is 14.8 Å². The highest BCUT2D eigenvalue weighted by Crippen LogP contribution is 2.10. The summed E-state index contributed by atoms with van der Waals surface area (Å²) in [6, 6.07) is -0.337. The Balaban J connectivity index is 1.75. The van der Waals surface area contributed by atoms with Gasteiger partial charge in [0, 0.05) is 13.2 Å². The van der Waals surface area contributed by atoms with E-state index in [9.17, 15) is 4.79 Å². The van der Waals surface area contributed by atoms with Crippen LogP contribution in [0.2, 0.25) is 0 Å². The maximum Gasteiger partial charge on any atom is 0.321 e. The molecule has 2 N–H and O–H groups in total. The van der Waals surface area contributed by atoms with E-state index in [2.05, 4.69) is 20.6 Å². The SMILES string of the molecule is COc1cnc(NC(=O)NCC2CCCO2)nc1. The molecule has 1 aliphatic rings. The summed E-state index contributed by atoms with van der Waals surface area (Å²) < 4.78 is 10.3. The molecule has 2 rings (SSSR count). The molecule has 1 saturated heterocycles. The third-order valence-corrected chi connectivity index (χ3v) is 2.60. The lowest BCUT2D eigenvalue weighted by Crippen LogP contribution is -2.35. The first kappa shape index (κ1) is 12.6. The molecule has 2 amide bonds. The van der Waals surface area contributed by atoms with Crippen molar-refractivity contribution in [2.75, 3.05) is 25.6 Å². The summed E-state index contributed by atoms with van der Waals surface area (Å²) in [5.41, 5.74) is 0. The molecule has 1 fully saturated rings. The summed E-state index contributed by atoms with van der Waals surface area (Å²) in [6.07, 6.45) is 5.13. The minimum Gasteiger partial charge on any atom is -0.494 e. The van der Waals surface area contributed by atoms with E-state index in [0.717, 1.165) is 19.4 Å². The molecule has 1 aliphatic heterocycles. The monoisotopic (exact) mass is 252 g/mol. The zero-order valence-corrected chi connectivity index (χ0v) is 10.2. The van der Waals surface area contributed by atoms with Gasteiger partial charge in [-0.05, 0) is 12.8 Å². The van der Waals surface area contributed by atoms with E-state index >= 15 is 0 Å². The predicted octanol–water partition coefficient (Wildman–Crippen LogP) is 0.786. The van der Waals surface area contributed by atoms with Crippen LogP contribution in [-0.4, -0.2) is 42.4 Å². The normalized spacial score (nSPS) is 18.4. The van der Waals surface area contributed by atoms with Crippen LogP contribution < -0.4 is 15.4 Å². The number of hydrogen-bond acceptors (Lipinski definition) is 5. The van der Waals surface area contributed by atoms with E-state index in [1.807, 2.05) is 0 Å². The number of amides is 2. The first-order valence-corrected chi connectivity index (χ1v) is 5.80. The van der Waals surface area contributed by atoms with E-state index in [1.165, 1.54) is 19.5 Å². The number of carbonyl (C=O) groups excluding carboxylic acids is 1. The summed E-state index contributed by atoms with van der Waals surface area (Å²) in [7, 11) is 1.53. The Labute approximate surface area is 105 Å². The summed E-state index contributed by atoms with van der Waals surface area (Å²) in [4.78, 5) is 19.4. The zero-order chi connectivity index (χ0) is 12.8. The number of rotatable bonds is 4. The lowest BCUT2D eigenvalue weighted by atomic mass is 10.2. The number of anilines is 1. The minimum atomic E-state index is -0.337. The van der Waals surface area contributed by atoms with Gasteiger partial charge in [-0.1, -0.05) is 0 Å². The van der Waals surface area contributed by atoms with Gasteiger partial charge in [-0.3, -0.25) is 5.32 Å². The summed E-state index contributed by atoms with van der Waals surface area (Å²) in [5, 5.41) is 5.25. The molecule has 0 bridgehead atoms. The van der Waals surface area contributed by atoms with Gasteiger partial charge >= 0.3 is 6.03 Å². The quantitative estimate of drug-likeness (QED) is 0.827. The Hall–Kier alpha value is -1.89. The molecule has 0 aromatic carbocycles. The van der Waals surface area contributed by atoms with Crippen molar-refractivity contribution >= 4 is 12.0 Å². The van der Waals surface area contributed by atoms with Crippen molar-refractivity contribution in [1.29, 1.82) is 0 Å². The largest absolute Gasteiger partial charge is 0.494 e. The van der Waals surface area contributed by atoms with Crippen LogP contribution >= 0.6 is 0 Å². The molecule has 1 aromatic rings.